The molecule has 0 unspecified atom stereocenters. The average Bonchev–Trinajstić information content (AvgIpc) is 3.01. The molecule has 0 atom stereocenters. The fraction of sp³-hybridized carbons (Fsp3) is 0.211. The minimum atomic E-state index is -0.236. The molecule has 3 heterocycles. The van der Waals surface area contributed by atoms with Crippen molar-refractivity contribution in [1.82, 2.24) is 19.4 Å². The van der Waals surface area contributed by atoms with Crippen LogP contribution in [0.4, 0.5) is 0 Å². The van der Waals surface area contributed by atoms with Crippen LogP contribution in [-0.4, -0.2) is 41.4 Å². The molecule has 0 fully saturated rings. The van der Waals surface area contributed by atoms with Gasteiger partial charge in [0.25, 0.3) is 5.56 Å². The van der Waals surface area contributed by atoms with Crippen LogP contribution < -0.4 is 20.5 Å². The maximum absolute atomic E-state index is 12.5. The van der Waals surface area contributed by atoms with Crippen molar-refractivity contribution < 1.29 is 9.47 Å². The van der Waals surface area contributed by atoms with Gasteiger partial charge in [0.2, 0.25) is 0 Å². The summed E-state index contributed by atoms with van der Waals surface area (Å²) in [6, 6.07) is 5.15. The molecule has 0 amide bonds. The zero-order valence-corrected chi connectivity index (χ0v) is 15.2. The van der Waals surface area contributed by atoms with E-state index in [-0.39, 0.29) is 5.56 Å². The lowest BCUT2D eigenvalue weighted by atomic mass is 9.93. The van der Waals surface area contributed by atoms with Gasteiger partial charge in [0.15, 0.2) is 11.5 Å². The van der Waals surface area contributed by atoms with Crippen molar-refractivity contribution in [3.05, 3.63) is 58.0 Å². The van der Waals surface area contributed by atoms with E-state index >= 15 is 0 Å². The van der Waals surface area contributed by atoms with Crippen LogP contribution in [0.15, 0.2) is 35.4 Å². The number of pyridine rings is 1. The molecule has 134 valence electrons. The first-order valence-electron chi connectivity index (χ1n) is 8.37. The van der Waals surface area contributed by atoms with E-state index in [9.17, 15) is 4.79 Å². The van der Waals surface area contributed by atoms with Crippen LogP contribution in [-0.2, 0) is 6.42 Å². The first-order valence-corrected chi connectivity index (χ1v) is 8.37. The second-order valence-corrected chi connectivity index (χ2v) is 6.32. The lowest BCUT2D eigenvalue weighted by molar-refractivity contribution is 0.355. The molecule has 0 aliphatic rings. The highest BCUT2D eigenvalue weighted by molar-refractivity contribution is 6.33. The summed E-state index contributed by atoms with van der Waals surface area (Å²) in [6.07, 6.45) is 4.22. The number of fused-ring (bicyclic) bond motifs is 2. The summed E-state index contributed by atoms with van der Waals surface area (Å²) in [7, 11) is 9.01. The molecule has 4 rings (SSSR count). The topological polar surface area (TPSA) is 81.5 Å². The van der Waals surface area contributed by atoms with Crippen LogP contribution in [0.1, 0.15) is 17.1 Å². The third-order valence-corrected chi connectivity index (χ3v) is 4.49. The number of benzene rings is 1. The molecule has 2 radical (unpaired) electrons. The molecule has 7 nitrogen and oxygen atoms in total. The number of imidazole rings is 1. The van der Waals surface area contributed by atoms with Gasteiger partial charge in [-0.15, -0.1) is 0 Å². The van der Waals surface area contributed by atoms with Gasteiger partial charge in [-0.1, -0.05) is 5.46 Å². The Labute approximate surface area is 156 Å². The SMILES string of the molecule is [B]c1cc2nc(Cc3nc4cc(OC)c(OC)cc4c(=O)[nH]3)cn2cc1C. The minimum absolute atomic E-state index is 0.236. The van der Waals surface area contributed by atoms with Gasteiger partial charge < -0.3 is 18.9 Å². The van der Waals surface area contributed by atoms with E-state index in [1.807, 2.05) is 29.8 Å². The number of aromatic amines is 1. The molecule has 8 heteroatoms. The van der Waals surface area contributed by atoms with Crippen molar-refractivity contribution in [3.63, 3.8) is 0 Å². The lowest BCUT2D eigenvalue weighted by Gasteiger charge is -2.09. The third kappa shape index (κ3) is 3.03. The lowest BCUT2D eigenvalue weighted by Crippen LogP contribution is -2.12. The maximum Gasteiger partial charge on any atom is 0.258 e. The summed E-state index contributed by atoms with van der Waals surface area (Å²) in [6.45, 7) is 1.94. The van der Waals surface area contributed by atoms with Crippen molar-refractivity contribution >= 4 is 29.9 Å². The monoisotopic (exact) mass is 360 g/mol. The Hall–Kier alpha value is -3.29. The number of rotatable bonds is 4. The third-order valence-electron chi connectivity index (χ3n) is 4.49. The summed E-state index contributed by atoms with van der Waals surface area (Å²) in [4.78, 5) is 24.4. The number of nitrogens with one attached hydrogen (secondary N) is 1. The summed E-state index contributed by atoms with van der Waals surface area (Å²) in [5.74, 6) is 1.53. The van der Waals surface area contributed by atoms with Crippen molar-refractivity contribution in [1.29, 1.82) is 0 Å². The van der Waals surface area contributed by atoms with E-state index in [1.54, 1.807) is 19.2 Å². The molecule has 0 saturated heterocycles. The molecular weight excluding hydrogens is 343 g/mol. The Balaban J connectivity index is 1.77. The predicted molar refractivity (Wildman–Crippen MR) is 104 cm³/mol. The number of nitrogens with zero attached hydrogens (tertiary/aromatic N) is 3. The number of H-pyrrole nitrogens is 1. The number of aromatic nitrogens is 4. The predicted octanol–water partition coefficient (Wildman–Crippen LogP) is 1.28. The second kappa shape index (κ2) is 6.46. The molecule has 1 aromatic carbocycles. The summed E-state index contributed by atoms with van der Waals surface area (Å²) < 4.78 is 12.5. The first kappa shape index (κ1) is 17.1. The molecule has 0 aliphatic carbocycles. The highest BCUT2D eigenvalue weighted by Crippen LogP contribution is 2.30. The van der Waals surface area contributed by atoms with Crippen LogP contribution >= 0.6 is 0 Å². The van der Waals surface area contributed by atoms with Gasteiger partial charge in [0, 0.05) is 24.9 Å². The standard InChI is InChI=1S/C19H17BN4O3/c1-10-8-24-9-11(21-18(24)6-13(10)20)4-17-22-14-7-16(27-3)15(26-2)5-12(14)19(25)23-17/h5-9H,4H2,1-3H3,(H,22,23,25). The minimum Gasteiger partial charge on any atom is -0.493 e. The average molecular weight is 360 g/mol. The molecule has 0 bridgehead atoms. The Morgan fingerprint density at radius 1 is 1.11 bits per heavy atom. The summed E-state index contributed by atoms with van der Waals surface area (Å²) in [5, 5.41) is 0.440. The second-order valence-electron chi connectivity index (χ2n) is 6.32. The highest BCUT2D eigenvalue weighted by Gasteiger charge is 2.12. The Bertz CT molecular complexity index is 1190. The number of aryl methyl sites for hydroxylation is 1. The molecule has 27 heavy (non-hydrogen) atoms. The highest BCUT2D eigenvalue weighted by atomic mass is 16.5. The Morgan fingerprint density at radius 2 is 1.85 bits per heavy atom. The molecule has 3 aromatic heterocycles. The van der Waals surface area contributed by atoms with Gasteiger partial charge in [-0.3, -0.25) is 4.79 Å². The molecular formula is C19H17BN4O3. The molecule has 1 N–H and O–H groups in total. The van der Waals surface area contributed by atoms with E-state index in [4.69, 9.17) is 17.3 Å². The summed E-state index contributed by atoms with van der Waals surface area (Å²) in [5.41, 5.74) is 3.50. The number of methoxy groups -OCH3 is 2. The van der Waals surface area contributed by atoms with Gasteiger partial charge in [0.05, 0.1) is 30.8 Å². The normalized spacial score (nSPS) is 11.2. The van der Waals surface area contributed by atoms with E-state index in [0.717, 1.165) is 16.9 Å². The van der Waals surface area contributed by atoms with Gasteiger partial charge in [-0.2, -0.15) is 0 Å². The fourth-order valence-corrected chi connectivity index (χ4v) is 3.06. The van der Waals surface area contributed by atoms with Crippen LogP contribution in [0.25, 0.3) is 16.6 Å². The molecule has 0 spiro atoms. The van der Waals surface area contributed by atoms with E-state index < -0.39 is 0 Å². The Kier molecular flexibility index (Phi) is 4.10. The van der Waals surface area contributed by atoms with Crippen molar-refractivity contribution in [2.45, 2.75) is 13.3 Å². The van der Waals surface area contributed by atoms with Crippen LogP contribution in [0.5, 0.6) is 11.5 Å². The fourth-order valence-electron chi connectivity index (χ4n) is 3.06. The quantitative estimate of drug-likeness (QED) is 0.555. The van der Waals surface area contributed by atoms with Gasteiger partial charge in [-0.05, 0) is 24.6 Å². The molecule has 4 aromatic rings. The van der Waals surface area contributed by atoms with Gasteiger partial charge in [-0.25, -0.2) is 9.97 Å². The van der Waals surface area contributed by atoms with Crippen LogP contribution in [0.2, 0.25) is 0 Å². The maximum atomic E-state index is 12.5. The zero-order chi connectivity index (χ0) is 19.1. The smallest absolute Gasteiger partial charge is 0.258 e. The first-order chi connectivity index (χ1) is 13.0. The molecule has 0 saturated carbocycles. The summed E-state index contributed by atoms with van der Waals surface area (Å²) >= 11 is 0. The van der Waals surface area contributed by atoms with E-state index in [2.05, 4.69) is 15.0 Å². The van der Waals surface area contributed by atoms with Gasteiger partial charge in [0.1, 0.15) is 19.3 Å². The number of hydrogen-bond acceptors (Lipinski definition) is 5. The molecule has 0 aliphatic heterocycles. The van der Waals surface area contributed by atoms with Crippen molar-refractivity contribution in [2.75, 3.05) is 14.2 Å². The van der Waals surface area contributed by atoms with Crippen molar-refractivity contribution in [3.8, 4) is 11.5 Å². The van der Waals surface area contributed by atoms with Gasteiger partial charge >= 0.3 is 0 Å². The van der Waals surface area contributed by atoms with E-state index in [1.165, 1.54) is 7.11 Å². The zero-order valence-electron chi connectivity index (χ0n) is 15.2. The van der Waals surface area contributed by atoms with Crippen LogP contribution in [0.3, 0.4) is 0 Å². The number of hydrogen-bond donors (Lipinski definition) is 1. The van der Waals surface area contributed by atoms with Crippen molar-refractivity contribution in [2.24, 2.45) is 0 Å². The largest absolute Gasteiger partial charge is 0.493 e. The Morgan fingerprint density at radius 3 is 2.59 bits per heavy atom. The number of ether oxygens (including phenoxy) is 2. The van der Waals surface area contributed by atoms with Crippen LogP contribution in [0, 0.1) is 6.92 Å². The van der Waals surface area contributed by atoms with E-state index in [0.29, 0.717) is 40.1 Å².